The molecule has 0 saturated heterocycles. The van der Waals surface area contributed by atoms with E-state index >= 15 is 0 Å². The fraction of sp³-hybridized carbons (Fsp3) is 0.529. The molecular formula is C17H23NO2. The van der Waals surface area contributed by atoms with Crippen LogP contribution in [0.1, 0.15) is 44.6 Å². The van der Waals surface area contributed by atoms with Crippen molar-refractivity contribution in [3.63, 3.8) is 0 Å². The molecule has 0 aromatic heterocycles. The van der Waals surface area contributed by atoms with E-state index in [-0.39, 0.29) is 18.4 Å². The summed E-state index contributed by atoms with van der Waals surface area (Å²) in [6.07, 6.45) is 7.09. The zero-order chi connectivity index (χ0) is 14.4. The monoisotopic (exact) mass is 273 g/mol. The van der Waals surface area contributed by atoms with Gasteiger partial charge >= 0.3 is 0 Å². The van der Waals surface area contributed by atoms with Crippen LogP contribution in [0.3, 0.4) is 0 Å². The van der Waals surface area contributed by atoms with E-state index in [0.717, 1.165) is 49.6 Å². The summed E-state index contributed by atoms with van der Waals surface area (Å²) in [6, 6.07) is 7.89. The fourth-order valence-corrected chi connectivity index (χ4v) is 3.02. The molecule has 1 fully saturated rings. The van der Waals surface area contributed by atoms with Gasteiger partial charge in [-0.25, -0.2) is 0 Å². The average molecular weight is 273 g/mol. The first-order valence-corrected chi connectivity index (χ1v) is 7.60. The molecule has 0 radical (unpaired) electrons. The van der Waals surface area contributed by atoms with Gasteiger partial charge in [-0.05, 0) is 30.9 Å². The van der Waals surface area contributed by atoms with E-state index in [1.807, 2.05) is 24.3 Å². The maximum absolute atomic E-state index is 12.7. The van der Waals surface area contributed by atoms with E-state index in [2.05, 4.69) is 6.92 Å². The second kappa shape index (κ2) is 7.22. The Kier molecular flexibility index (Phi) is 5.33. The van der Waals surface area contributed by atoms with Crippen molar-refractivity contribution in [1.82, 2.24) is 0 Å². The van der Waals surface area contributed by atoms with Gasteiger partial charge in [-0.3, -0.25) is 4.79 Å². The molecular weight excluding hydrogens is 250 g/mol. The maximum Gasteiger partial charge on any atom is 0.230 e. The highest BCUT2D eigenvalue weighted by atomic mass is 16.2. The Balaban J connectivity index is 2.25. The molecule has 2 rings (SSSR count). The number of amides is 1. The Labute approximate surface area is 121 Å². The predicted octanol–water partition coefficient (Wildman–Crippen LogP) is 3.36. The molecule has 0 aliphatic heterocycles. The van der Waals surface area contributed by atoms with E-state index < -0.39 is 0 Å². The van der Waals surface area contributed by atoms with Gasteiger partial charge in [0.15, 0.2) is 0 Å². The Bertz CT molecular complexity index is 464. The Morgan fingerprint density at radius 2 is 1.95 bits per heavy atom. The predicted molar refractivity (Wildman–Crippen MR) is 80.8 cm³/mol. The number of benzene rings is 1. The minimum atomic E-state index is 0.0913. The SMILES string of the molecule is CCc1ccccc1N(CC=O)C(=O)C1CCCCC1. The van der Waals surface area contributed by atoms with Gasteiger partial charge in [-0.15, -0.1) is 0 Å². The van der Waals surface area contributed by atoms with Gasteiger partial charge in [-0.2, -0.15) is 0 Å². The number of hydrogen-bond donors (Lipinski definition) is 0. The van der Waals surface area contributed by atoms with Crippen molar-refractivity contribution in [2.75, 3.05) is 11.4 Å². The molecule has 3 nitrogen and oxygen atoms in total. The van der Waals surface area contributed by atoms with Crippen LogP contribution in [0.2, 0.25) is 0 Å². The highest BCUT2D eigenvalue weighted by Crippen LogP contribution is 2.29. The lowest BCUT2D eigenvalue weighted by Gasteiger charge is -2.29. The van der Waals surface area contributed by atoms with Crippen molar-refractivity contribution in [2.24, 2.45) is 5.92 Å². The number of aryl methyl sites for hydroxylation is 1. The van der Waals surface area contributed by atoms with E-state index in [1.54, 1.807) is 4.90 Å². The molecule has 0 spiro atoms. The molecule has 1 amide bonds. The van der Waals surface area contributed by atoms with E-state index in [0.29, 0.717) is 0 Å². The largest absolute Gasteiger partial charge is 0.305 e. The minimum Gasteiger partial charge on any atom is -0.305 e. The minimum absolute atomic E-state index is 0.0913. The standard InChI is InChI=1S/C17H23NO2/c1-2-14-8-6-7-11-16(14)18(12-13-19)17(20)15-9-4-3-5-10-15/h6-8,11,13,15H,2-5,9-10,12H2,1H3. The topological polar surface area (TPSA) is 37.4 Å². The van der Waals surface area contributed by atoms with Crippen molar-refractivity contribution in [3.05, 3.63) is 29.8 Å². The van der Waals surface area contributed by atoms with Gasteiger partial charge in [0.05, 0.1) is 6.54 Å². The lowest BCUT2D eigenvalue weighted by Crippen LogP contribution is -2.38. The third-order valence-electron chi connectivity index (χ3n) is 4.14. The van der Waals surface area contributed by atoms with Crippen molar-refractivity contribution in [1.29, 1.82) is 0 Å². The molecule has 0 N–H and O–H groups in total. The first-order valence-electron chi connectivity index (χ1n) is 7.60. The third-order valence-corrected chi connectivity index (χ3v) is 4.14. The molecule has 1 aromatic carbocycles. The summed E-state index contributed by atoms with van der Waals surface area (Å²) in [5.74, 6) is 0.214. The summed E-state index contributed by atoms with van der Waals surface area (Å²) in [5, 5.41) is 0. The van der Waals surface area contributed by atoms with E-state index in [9.17, 15) is 9.59 Å². The van der Waals surface area contributed by atoms with Crippen LogP contribution in [0, 0.1) is 5.92 Å². The van der Waals surface area contributed by atoms with Crippen LogP contribution < -0.4 is 4.90 Å². The van der Waals surface area contributed by atoms with Crippen LogP contribution in [0.4, 0.5) is 5.69 Å². The fourth-order valence-electron chi connectivity index (χ4n) is 3.02. The van der Waals surface area contributed by atoms with E-state index in [4.69, 9.17) is 0 Å². The van der Waals surface area contributed by atoms with Gasteiger partial charge in [0.1, 0.15) is 6.29 Å². The second-order valence-corrected chi connectivity index (χ2v) is 5.43. The molecule has 1 aromatic rings. The molecule has 0 unspecified atom stereocenters. The number of para-hydroxylation sites is 1. The number of carbonyl (C=O) groups excluding carboxylic acids is 2. The molecule has 1 aliphatic rings. The van der Waals surface area contributed by atoms with Gasteiger partial charge in [0.2, 0.25) is 5.91 Å². The van der Waals surface area contributed by atoms with Crippen LogP contribution in [0.5, 0.6) is 0 Å². The second-order valence-electron chi connectivity index (χ2n) is 5.43. The quantitative estimate of drug-likeness (QED) is 0.771. The van der Waals surface area contributed by atoms with Crippen LogP contribution in [-0.4, -0.2) is 18.7 Å². The van der Waals surface area contributed by atoms with Crippen LogP contribution in [-0.2, 0) is 16.0 Å². The first-order chi connectivity index (χ1) is 9.77. The molecule has 3 heteroatoms. The summed E-state index contributed by atoms with van der Waals surface area (Å²) in [6.45, 7) is 2.23. The Morgan fingerprint density at radius 1 is 1.25 bits per heavy atom. The first kappa shape index (κ1) is 14.8. The molecule has 1 saturated carbocycles. The summed E-state index contributed by atoms with van der Waals surface area (Å²) in [4.78, 5) is 25.4. The highest BCUT2D eigenvalue weighted by molar-refractivity contribution is 5.98. The number of nitrogens with zero attached hydrogens (tertiary/aromatic N) is 1. The summed E-state index contributed by atoms with van der Waals surface area (Å²) in [7, 11) is 0. The zero-order valence-corrected chi connectivity index (χ0v) is 12.2. The van der Waals surface area contributed by atoms with Gasteiger partial charge in [0.25, 0.3) is 0 Å². The number of rotatable bonds is 5. The van der Waals surface area contributed by atoms with Crippen molar-refractivity contribution < 1.29 is 9.59 Å². The number of hydrogen-bond acceptors (Lipinski definition) is 2. The molecule has 0 heterocycles. The Hall–Kier alpha value is -1.64. The Morgan fingerprint density at radius 3 is 2.60 bits per heavy atom. The van der Waals surface area contributed by atoms with Crippen LogP contribution in [0.15, 0.2) is 24.3 Å². The molecule has 108 valence electrons. The van der Waals surface area contributed by atoms with Gasteiger partial charge in [0, 0.05) is 11.6 Å². The summed E-state index contributed by atoms with van der Waals surface area (Å²) in [5.41, 5.74) is 2.02. The van der Waals surface area contributed by atoms with Crippen LogP contribution in [0.25, 0.3) is 0 Å². The van der Waals surface area contributed by atoms with Crippen molar-refractivity contribution >= 4 is 17.9 Å². The number of carbonyl (C=O) groups is 2. The normalized spacial score (nSPS) is 15.8. The van der Waals surface area contributed by atoms with Crippen molar-refractivity contribution in [2.45, 2.75) is 45.4 Å². The molecule has 20 heavy (non-hydrogen) atoms. The number of anilines is 1. The van der Waals surface area contributed by atoms with Gasteiger partial charge < -0.3 is 9.69 Å². The van der Waals surface area contributed by atoms with Crippen molar-refractivity contribution in [3.8, 4) is 0 Å². The maximum atomic E-state index is 12.7. The molecule has 0 atom stereocenters. The van der Waals surface area contributed by atoms with E-state index in [1.165, 1.54) is 6.42 Å². The highest BCUT2D eigenvalue weighted by Gasteiger charge is 2.27. The van der Waals surface area contributed by atoms with Crippen LogP contribution >= 0.6 is 0 Å². The number of aldehydes is 1. The lowest BCUT2D eigenvalue weighted by molar-refractivity contribution is -0.124. The zero-order valence-electron chi connectivity index (χ0n) is 12.2. The molecule has 1 aliphatic carbocycles. The third kappa shape index (κ3) is 3.27. The molecule has 0 bridgehead atoms. The summed E-state index contributed by atoms with van der Waals surface area (Å²) >= 11 is 0. The average Bonchev–Trinajstić information content (AvgIpc) is 2.53. The summed E-state index contributed by atoms with van der Waals surface area (Å²) < 4.78 is 0. The smallest absolute Gasteiger partial charge is 0.230 e. The van der Waals surface area contributed by atoms with Gasteiger partial charge in [-0.1, -0.05) is 44.4 Å². The lowest BCUT2D eigenvalue weighted by atomic mass is 9.88.